The van der Waals surface area contributed by atoms with Crippen LogP contribution in [0.4, 0.5) is 0 Å². The van der Waals surface area contributed by atoms with Crippen molar-refractivity contribution in [1.29, 1.82) is 0 Å². The van der Waals surface area contributed by atoms with E-state index in [2.05, 4.69) is 6.92 Å². The highest BCUT2D eigenvalue weighted by Crippen LogP contribution is 2.20. The van der Waals surface area contributed by atoms with Gasteiger partial charge in [-0.15, -0.1) is 0 Å². The monoisotopic (exact) mass is 535 g/mol. The van der Waals surface area contributed by atoms with Gasteiger partial charge in [0, 0.05) is 6.61 Å². The minimum Gasteiger partial charge on any atom is -0.378 e. The van der Waals surface area contributed by atoms with Crippen LogP contribution in [0.15, 0.2) is 0 Å². The zero-order valence-electron chi connectivity index (χ0n) is 26.0. The Hall–Kier alpha value is -0.0800. The molecule has 0 saturated heterocycles. The lowest BCUT2D eigenvalue weighted by molar-refractivity contribution is 0.0356. The molecule has 0 aromatic rings. The molecule has 1 fully saturated rings. The van der Waals surface area contributed by atoms with Crippen LogP contribution in [0.3, 0.4) is 0 Å². The van der Waals surface area contributed by atoms with Crippen LogP contribution in [0.5, 0.6) is 0 Å². The number of ether oxygens (including phenoxy) is 1. The van der Waals surface area contributed by atoms with Crippen molar-refractivity contribution in [2.75, 3.05) is 6.61 Å². The maximum atomic E-state index is 12.0. The molecule has 38 heavy (non-hydrogen) atoms. The van der Waals surface area contributed by atoms with Crippen molar-refractivity contribution in [1.82, 2.24) is 0 Å². The average molecular weight is 535 g/mol. The highest BCUT2D eigenvalue weighted by molar-refractivity contribution is 4.62. The van der Waals surface area contributed by atoms with Crippen LogP contribution in [-0.2, 0) is 9.84 Å². The lowest BCUT2D eigenvalue weighted by Crippen LogP contribution is -2.14. The van der Waals surface area contributed by atoms with Gasteiger partial charge in [0.05, 0.1) is 12.2 Å². The maximum absolute atomic E-state index is 12.0. The van der Waals surface area contributed by atoms with Crippen molar-refractivity contribution in [3.8, 4) is 0 Å². The standard InChI is InChI=1S/C36H70O2/c1-2-3-4-5-6-7-8-9-10-11-12-13-14-19-24-29-34-38-36-32-27-22-17-15-20-25-30-35(37)31-26-21-16-18-23-28-33-36/h35-36H,1-34H2. The van der Waals surface area contributed by atoms with Crippen molar-refractivity contribution >= 4 is 0 Å². The first-order chi connectivity index (χ1) is 18.8. The van der Waals surface area contributed by atoms with Crippen molar-refractivity contribution in [3.05, 3.63) is 6.92 Å². The second-order valence-electron chi connectivity index (χ2n) is 12.7. The maximum Gasteiger partial charge on any atom is 0.0930 e. The molecule has 1 saturated carbocycles. The van der Waals surface area contributed by atoms with E-state index in [0.717, 1.165) is 38.7 Å². The summed E-state index contributed by atoms with van der Waals surface area (Å²) >= 11 is 0. The van der Waals surface area contributed by atoms with E-state index in [1.165, 1.54) is 173 Å². The Morgan fingerprint density at radius 3 is 1.13 bits per heavy atom. The van der Waals surface area contributed by atoms with Crippen molar-refractivity contribution in [2.24, 2.45) is 0 Å². The molecule has 0 unspecified atom stereocenters. The zero-order chi connectivity index (χ0) is 27.2. The lowest BCUT2D eigenvalue weighted by Gasteiger charge is -2.18. The van der Waals surface area contributed by atoms with Crippen molar-refractivity contribution in [2.45, 2.75) is 218 Å². The quantitative estimate of drug-likeness (QED) is 0.161. The highest BCUT2D eigenvalue weighted by atomic mass is 16.5. The third-order valence-corrected chi connectivity index (χ3v) is 8.85. The molecule has 2 heteroatoms. The molecule has 0 amide bonds. The Morgan fingerprint density at radius 2 is 0.737 bits per heavy atom. The summed E-state index contributed by atoms with van der Waals surface area (Å²) in [6.45, 7) is 4.91. The van der Waals surface area contributed by atoms with Crippen LogP contribution in [0.2, 0.25) is 0 Å². The number of rotatable bonds is 18. The largest absolute Gasteiger partial charge is 0.378 e. The molecule has 0 atom stereocenters. The summed E-state index contributed by atoms with van der Waals surface area (Å²) in [5, 5.41) is 12.0. The minimum atomic E-state index is -0.292. The summed E-state index contributed by atoms with van der Waals surface area (Å²) in [4.78, 5) is 0. The van der Waals surface area contributed by atoms with Gasteiger partial charge in [-0.05, 0) is 32.1 Å². The van der Waals surface area contributed by atoms with E-state index >= 15 is 0 Å². The second-order valence-corrected chi connectivity index (χ2v) is 12.7. The van der Waals surface area contributed by atoms with E-state index in [-0.39, 0.29) is 6.10 Å². The third kappa shape index (κ3) is 26.2. The van der Waals surface area contributed by atoms with Gasteiger partial charge in [-0.2, -0.15) is 0 Å². The van der Waals surface area contributed by atoms with E-state index < -0.39 is 0 Å². The smallest absolute Gasteiger partial charge is 0.0930 e. The van der Waals surface area contributed by atoms with E-state index in [1.54, 1.807) is 0 Å². The van der Waals surface area contributed by atoms with Gasteiger partial charge in [0.2, 0.25) is 0 Å². The molecule has 0 aromatic heterocycles. The first-order valence-corrected chi connectivity index (χ1v) is 17.9. The van der Waals surface area contributed by atoms with Gasteiger partial charge in [0.15, 0.2) is 0 Å². The first-order valence-electron chi connectivity index (χ1n) is 17.9. The fourth-order valence-corrected chi connectivity index (χ4v) is 6.18. The van der Waals surface area contributed by atoms with Gasteiger partial charge < -0.3 is 4.74 Å². The predicted molar refractivity (Wildman–Crippen MR) is 167 cm³/mol. The zero-order valence-corrected chi connectivity index (χ0v) is 26.0. The molecule has 0 aliphatic heterocycles. The molecule has 0 bridgehead atoms. The molecule has 0 spiro atoms. The number of hydrogen-bond acceptors (Lipinski definition) is 1. The van der Waals surface area contributed by atoms with E-state index in [1.807, 2.05) is 0 Å². The SMILES string of the molecule is [CH2]CCCCCCCCCCCCCCCCCOC1CCCCCCCCC([O])CCCCCCCC1. The van der Waals surface area contributed by atoms with Crippen LogP contribution in [0, 0.1) is 6.92 Å². The van der Waals surface area contributed by atoms with Crippen LogP contribution < -0.4 is 0 Å². The van der Waals surface area contributed by atoms with Crippen LogP contribution in [0.1, 0.15) is 205 Å². The van der Waals surface area contributed by atoms with Crippen LogP contribution >= 0.6 is 0 Å². The Balaban J connectivity index is 1.98. The molecule has 1 rings (SSSR count). The van der Waals surface area contributed by atoms with Crippen LogP contribution in [-0.4, -0.2) is 18.8 Å². The summed E-state index contributed by atoms with van der Waals surface area (Å²) in [7, 11) is 0. The fourth-order valence-electron chi connectivity index (χ4n) is 6.18. The highest BCUT2D eigenvalue weighted by Gasteiger charge is 2.10. The van der Waals surface area contributed by atoms with Crippen LogP contribution in [0.25, 0.3) is 0 Å². The fraction of sp³-hybridized carbons (Fsp3) is 0.972. The topological polar surface area (TPSA) is 29.1 Å². The molecule has 2 nitrogen and oxygen atoms in total. The van der Waals surface area contributed by atoms with Gasteiger partial charge in [-0.25, -0.2) is 5.11 Å². The summed E-state index contributed by atoms with van der Waals surface area (Å²) in [6.07, 6.45) is 42.3. The molecule has 0 aromatic carbocycles. The average Bonchev–Trinajstić information content (AvgIpc) is 2.92. The van der Waals surface area contributed by atoms with E-state index in [4.69, 9.17) is 4.74 Å². The predicted octanol–water partition coefficient (Wildman–Crippen LogP) is 12.5. The van der Waals surface area contributed by atoms with E-state index in [0.29, 0.717) is 6.10 Å². The normalized spacial score (nSPS) is 21.6. The number of hydrogen-bond donors (Lipinski definition) is 0. The number of unbranched alkanes of at least 4 members (excludes halogenated alkanes) is 15. The van der Waals surface area contributed by atoms with Crippen molar-refractivity contribution in [3.63, 3.8) is 0 Å². The summed E-state index contributed by atoms with van der Waals surface area (Å²) < 4.78 is 6.42. The lowest BCUT2D eigenvalue weighted by atomic mass is 9.99. The first kappa shape index (κ1) is 35.9. The Bertz CT molecular complexity index is 417. The Kier molecular flexibility index (Phi) is 28.3. The molecule has 1 aliphatic rings. The Labute approximate surface area is 240 Å². The molecule has 2 radical (unpaired) electrons. The summed E-state index contributed by atoms with van der Waals surface area (Å²) in [6, 6.07) is 0. The second kappa shape index (κ2) is 29.9. The van der Waals surface area contributed by atoms with E-state index in [9.17, 15) is 5.11 Å². The molecule has 0 heterocycles. The van der Waals surface area contributed by atoms with Gasteiger partial charge in [-0.1, -0.05) is 180 Å². The van der Waals surface area contributed by atoms with Gasteiger partial charge >= 0.3 is 0 Å². The van der Waals surface area contributed by atoms with Gasteiger partial charge in [0.25, 0.3) is 0 Å². The Morgan fingerprint density at radius 1 is 0.421 bits per heavy atom. The molecule has 0 N–H and O–H groups in total. The summed E-state index contributed by atoms with van der Waals surface area (Å²) in [5.74, 6) is 0. The summed E-state index contributed by atoms with van der Waals surface area (Å²) in [5.41, 5.74) is 0. The van der Waals surface area contributed by atoms with Gasteiger partial charge in [0.1, 0.15) is 0 Å². The van der Waals surface area contributed by atoms with Gasteiger partial charge in [-0.3, -0.25) is 0 Å². The molecule has 226 valence electrons. The minimum absolute atomic E-state index is 0.292. The molecule has 1 aliphatic carbocycles. The van der Waals surface area contributed by atoms with Crippen molar-refractivity contribution < 1.29 is 9.84 Å². The molecular weight excluding hydrogens is 464 g/mol. The third-order valence-electron chi connectivity index (χ3n) is 8.85. The molecular formula is C36H70O2.